The Bertz CT molecular complexity index is 655. The number of benzene rings is 2. The second kappa shape index (κ2) is 9.84. The van der Waals surface area contributed by atoms with E-state index in [9.17, 15) is 4.79 Å². The fraction of sp³-hybridized carbons (Fsp3) is 0.381. The van der Waals surface area contributed by atoms with E-state index in [1.165, 1.54) is 0 Å². The Kier molecular flexibility index (Phi) is 7.48. The predicted octanol–water partition coefficient (Wildman–Crippen LogP) is 4.23. The minimum Gasteiger partial charge on any atom is -0.491 e. The maximum atomic E-state index is 12.7. The highest BCUT2D eigenvalue weighted by Gasteiger charge is 2.19. The highest BCUT2D eigenvalue weighted by atomic mass is 16.5. The monoisotopic (exact) mass is 341 g/mol. The van der Waals surface area contributed by atoms with Crippen molar-refractivity contribution in [2.24, 2.45) is 5.92 Å². The average molecular weight is 341 g/mol. The molecule has 4 nitrogen and oxygen atoms in total. The molecule has 1 N–H and O–H groups in total. The third kappa shape index (κ3) is 5.91. The molecule has 0 radical (unpaired) electrons. The lowest BCUT2D eigenvalue weighted by Gasteiger charge is -2.23. The third-order valence-corrected chi connectivity index (χ3v) is 3.91. The van der Waals surface area contributed by atoms with Crippen molar-refractivity contribution < 1.29 is 14.3 Å². The molecular formula is C21H27NO3. The molecule has 25 heavy (non-hydrogen) atoms. The van der Waals surface area contributed by atoms with Gasteiger partial charge in [0.05, 0.1) is 12.6 Å². The minimum atomic E-state index is -0.0992. The molecule has 0 heterocycles. The van der Waals surface area contributed by atoms with Gasteiger partial charge >= 0.3 is 0 Å². The number of carbonyl (C=O) groups is 1. The van der Waals surface area contributed by atoms with E-state index in [4.69, 9.17) is 9.47 Å². The number of amides is 1. The minimum absolute atomic E-state index is 0.0313. The summed E-state index contributed by atoms with van der Waals surface area (Å²) in [4.78, 5) is 12.7. The quantitative estimate of drug-likeness (QED) is 0.694. The highest BCUT2D eigenvalue weighted by Crippen LogP contribution is 2.22. The van der Waals surface area contributed by atoms with E-state index in [2.05, 4.69) is 19.2 Å². The molecule has 0 saturated heterocycles. The van der Waals surface area contributed by atoms with Crippen LogP contribution in [0.5, 0.6) is 5.75 Å². The van der Waals surface area contributed by atoms with Crippen LogP contribution in [0, 0.1) is 5.92 Å². The average Bonchev–Trinajstić information content (AvgIpc) is 2.64. The maximum Gasteiger partial charge on any atom is 0.251 e. The van der Waals surface area contributed by atoms with Gasteiger partial charge in [-0.2, -0.15) is 0 Å². The predicted molar refractivity (Wildman–Crippen MR) is 99.9 cm³/mol. The molecule has 2 aromatic rings. The van der Waals surface area contributed by atoms with Crippen LogP contribution in [-0.4, -0.2) is 25.7 Å². The number of hydrogen-bond donors (Lipinski definition) is 1. The summed E-state index contributed by atoms with van der Waals surface area (Å²) < 4.78 is 10.9. The van der Waals surface area contributed by atoms with Crippen LogP contribution in [0.4, 0.5) is 0 Å². The summed E-state index contributed by atoms with van der Waals surface area (Å²) in [5.41, 5.74) is 1.70. The Balaban J connectivity index is 2.04. The van der Waals surface area contributed by atoms with Gasteiger partial charge in [-0.25, -0.2) is 0 Å². The van der Waals surface area contributed by atoms with Gasteiger partial charge in [-0.1, -0.05) is 50.2 Å². The van der Waals surface area contributed by atoms with E-state index in [0.29, 0.717) is 31.1 Å². The smallest absolute Gasteiger partial charge is 0.251 e. The molecule has 0 saturated carbocycles. The van der Waals surface area contributed by atoms with Crippen LogP contribution in [0.1, 0.15) is 42.7 Å². The Labute approximate surface area is 150 Å². The van der Waals surface area contributed by atoms with Gasteiger partial charge in [-0.15, -0.1) is 0 Å². The molecule has 0 spiro atoms. The van der Waals surface area contributed by atoms with Gasteiger partial charge in [0.15, 0.2) is 0 Å². The zero-order valence-corrected chi connectivity index (χ0v) is 15.2. The number of nitrogens with one attached hydrogen (secondary N) is 1. The normalized spacial score (nSPS) is 12.0. The van der Waals surface area contributed by atoms with Gasteiger partial charge in [0.25, 0.3) is 5.91 Å². The van der Waals surface area contributed by atoms with Crippen molar-refractivity contribution in [2.75, 3.05) is 19.8 Å². The molecule has 4 heteroatoms. The number of hydrogen-bond acceptors (Lipinski definition) is 3. The molecule has 0 bridgehead atoms. The number of rotatable bonds is 9. The molecule has 1 amide bonds. The molecule has 0 unspecified atom stereocenters. The Morgan fingerprint density at radius 3 is 2.48 bits per heavy atom. The van der Waals surface area contributed by atoms with Crippen molar-refractivity contribution in [3.8, 4) is 5.75 Å². The first-order chi connectivity index (χ1) is 12.1. The van der Waals surface area contributed by atoms with E-state index >= 15 is 0 Å². The van der Waals surface area contributed by atoms with E-state index in [0.717, 1.165) is 5.56 Å². The van der Waals surface area contributed by atoms with E-state index in [-0.39, 0.29) is 17.9 Å². The van der Waals surface area contributed by atoms with Crippen LogP contribution < -0.4 is 10.1 Å². The Hall–Kier alpha value is -2.33. The van der Waals surface area contributed by atoms with Crippen LogP contribution in [0.3, 0.4) is 0 Å². The van der Waals surface area contributed by atoms with Gasteiger partial charge in [-0.3, -0.25) is 4.79 Å². The molecule has 0 aromatic heterocycles. The van der Waals surface area contributed by atoms with Gasteiger partial charge in [0, 0.05) is 12.2 Å². The summed E-state index contributed by atoms with van der Waals surface area (Å²) >= 11 is 0. The van der Waals surface area contributed by atoms with Crippen molar-refractivity contribution in [1.29, 1.82) is 0 Å². The molecule has 0 aliphatic rings. The first kappa shape index (κ1) is 19.0. The summed E-state index contributed by atoms with van der Waals surface area (Å²) in [6.45, 7) is 7.83. The lowest BCUT2D eigenvalue weighted by Crippen LogP contribution is -2.31. The molecular weight excluding hydrogens is 314 g/mol. The number of carbonyl (C=O) groups excluding carboxylic acids is 1. The summed E-state index contributed by atoms with van der Waals surface area (Å²) in [6, 6.07) is 17.3. The van der Waals surface area contributed by atoms with Crippen molar-refractivity contribution in [1.82, 2.24) is 5.32 Å². The largest absolute Gasteiger partial charge is 0.491 e. The molecule has 0 aliphatic carbocycles. The van der Waals surface area contributed by atoms with Crippen LogP contribution in [-0.2, 0) is 4.74 Å². The van der Waals surface area contributed by atoms with Crippen LogP contribution in [0.25, 0.3) is 0 Å². The molecule has 134 valence electrons. The van der Waals surface area contributed by atoms with Crippen LogP contribution in [0.2, 0.25) is 0 Å². The topological polar surface area (TPSA) is 47.6 Å². The first-order valence-corrected chi connectivity index (χ1v) is 8.78. The van der Waals surface area contributed by atoms with E-state index < -0.39 is 0 Å². The second-order valence-electron chi connectivity index (χ2n) is 6.18. The van der Waals surface area contributed by atoms with Crippen molar-refractivity contribution in [3.63, 3.8) is 0 Å². The number of ether oxygens (including phenoxy) is 2. The van der Waals surface area contributed by atoms with Crippen molar-refractivity contribution in [2.45, 2.75) is 26.8 Å². The Morgan fingerprint density at radius 1 is 1.04 bits per heavy atom. The van der Waals surface area contributed by atoms with Gasteiger partial charge < -0.3 is 14.8 Å². The fourth-order valence-corrected chi connectivity index (χ4v) is 2.61. The lowest BCUT2D eigenvalue weighted by atomic mass is 9.95. The summed E-state index contributed by atoms with van der Waals surface area (Å²) in [7, 11) is 0. The van der Waals surface area contributed by atoms with E-state index in [1.807, 2.05) is 49.4 Å². The molecule has 2 rings (SSSR count). The highest BCUT2D eigenvalue weighted by molar-refractivity contribution is 5.94. The summed E-state index contributed by atoms with van der Waals surface area (Å²) in [5, 5.41) is 3.13. The van der Waals surface area contributed by atoms with Gasteiger partial charge in [-0.05, 0) is 36.6 Å². The molecule has 0 aliphatic heterocycles. The van der Waals surface area contributed by atoms with Crippen molar-refractivity contribution in [3.05, 3.63) is 65.7 Å². The van der Waals surface area contributed by atoms with Crippen LogP contribution >= 0.6 is 0 Å². The fourth-order valence-electron chi connectivity index (χ4n) is 2.61. The standard InChI is InChI=1S/C21H27NO3/c1-4-24-13-14-25-19-12-8-11-18(15-19)21(23)22-20(16(2)3)17-9-6-5-7-10-17/h5-12,15-16,20H,4,13-14H2,1-3H3,(H,22,23)/t20-/m1/s1. The summed E-state index contributed by atoms with van der Waals surface area (Å²) in [6.07, 6.45) is 0. The van der Waals surface area contributed by atoms with Gasteiger partial charge in [0.2, 0.25) is 0 Å². The van der Waals surface area contributed by atoms with E-state index in [1.54, 1.807) is 12.1 Å². The SMILES string of the molecule is CCOCCOc1cccc(C(=O)N[C@@H](c2ccccc2)C(C)C)c1. The second-order valence-corrected chi connectivity index (χ2v) is 6.18. The molecule has 2 aromatic carbocycles. The summed E-state index contributed by atoms with van der Waals surface area (Å²) in [5.74, 6) is 0.864. The first-order valence-electron chi connectivity index (χ1n) is 8.78. The zero-order chi connectivity index (χ0) is 18.1. The van der Waals surface area contributed by atoms with Crippen LogP contribution in [0.15, 0.2) is 54.6 Å². The van der Waals surface area contributed by atoms with Gasteiger partial charge in [0.1, 0.15) is 12.4 Å². The Morgan fingerprint density at radius 2 is 1.80 bits per heavy atom. The third-order valence-electron chi connectivity index (χ3n) is 3.91. The maximum absolute atomic E-state index is 12.7. The van der Waals surface area contributed by atoms with Crippen molar-refractivity contribution >= 4 is 5.91 Å². The lowest BCUT2D eigenvalue weighted by molar-refractivity contribution is 0.0924. The molecule has 1 atom stereocenters. The zero-order valence-electron chi connectivity index (χ0n) is 15.2. The molecule has 0 fully saturated rings.